The average Bonchev–Trinajstić information content (AvgIpc) is 3.78. The zero-order chi connectivity index (χ0) is 38.1. The predicted molar refractivity (Wildman–Crippen MR) is 240 cm³/mol. The number of anilines is 3. The van der Waals surface area contributed by atoms with Gasteiger partial charge in [-0.15, -0.1) is 0 Å². The largest absolute Gasteiger partial charge is 0.455 e. The summed E-state index contributed by atoms with van der Waals surface area (Å²) in [4.78, 5) is 2.48. The summed E-state index contributed by atoms with van der Waals surface area (Å²) in [6.45, 7) is 4.71. The summed E-state index contributed by atoms with van der Waals surface area (Å²) >= 11 is 0. The van der Waals surface area contributed by atoms with Crippen LogP contribution >= 0.6 is 0 Å². The van der Waals surface area contributed by atoms with Crippen LogP contribution in [0.3, 0.4) is 0 Å². The van der Waals surface area contributed by atoms with Crippen molar-refractivity contribution in [3.05, 3.63) is 211 Å². The molecular formula is C55H39NO. The van der Waals surface area contributed by atoms with Crippen molar-refractivity contribution in [2.24, 2.45) is 0 Å². The van der Waals surface area contributed by atoms with Crippen LogP contribution in [-0.2, 0) is 5.41 Å². The van der Waals surface area contributed by atoms with Crippen LogP contribution in [-0.4, -0.2) is 0 Å². The molecule has 0 N–H and O–H groups in total. The third-order valence-corrected chi connectivity index (χ3v) is 12.1. The van der Waals surface area contributed by atoms with Gasteiger partial charge in [-0.25, -0.2) is 0 Å². The van der Waals surface area contributed by atoms with Gasteiger partial charge in [0.1, 0.15) is 11.2 Å². The zero-order valence-corrected chi connectivity index (χ0v) is 31.9. The second-order valence-electron chi connectivity index (χ2n) is 15.6. The molecule has 0 atom stereocenters. The standard InChI is InChI=1S/C55H39NO/c1-55(2)47-27-12-11-23-45(47)51-48(55)28-15-29-49(51)56(40-32-30-39(31-33-40)42-24-13-21-36-20-9-10-22-41(36)42)50-35-34-44(38-18-7-4-8-19-38)54-52(50)46-26-14-25-43(53(46)57-54)37-16-5-3-6-17-37/h3-35H,1-2H3. The molecule has 11 rings (SSSR count). The van der Waals surface area contributed by atoms with Crippen molar-refractivity contribution in [1.82, 2.24) is 0 Å². The number of hydrogen-bond acceptors (Lipinski definition) is 2. The van der Waals surface area contributed by atoms with E-state index in [-0.39, 0.29) is 5.41 Å². The van der Waals surface area contributed by atoms with Crippen LogP contribution in [0.15, 0.2) is 205 Å². The first-order valence-electron chi connectivity index (χ1n) is 19.8. The van der Waals surface area contributed by atoms with Gasteiger partial charge < -0.3 is 9.32 Å². The van der Waals surface area contributed by atoms with Crippen LogP contribution in [0.25, 0.3) is 77.2 Å². The van der Waals surface area contributed by atoms with Crippen molar-refractivity contribution >= 4 is 49.8 Å². The van der Waals surface area contributed by atoms with E-state index in [0.29, 0.717) is 0 Å². The van der Waals surface area contributed by atoms with Gasteiger partial charge in [0, 0.05) is 33.2 Å². The molecule has 0 saturated carbocycles. The Kier molecular flexibility index (Phi) is 7.55. The minimum Gasteiger partial charge on any atom is -0.455 e. The van der Waals surface area contributed by atoms with E-state index >= 15 is 0 Å². The van der Waals surface area contributed by atoms with E-state index in [4.69, 9.17) is 4.42 Å². The van der Waals surface area contributed by atoms with Crippen molar-refractivity contribution in [3.8, 4) is 44.5 Å². The van der Waals surface area contributed by atoms with Gasteiger partial charge in [-0.1, -0.05) is 184 Å². The molecule has 1 heterocycles. The lowest BCUT2D eigenvalue weighted by molar-refractivity contribution is 0.660. The van der Waals surface area contributed by atoms with Gasteiger partial charge in [-0.2, -0.15) is 0 Å². The average molecular weight is 730 g/mol. The maximum Gasteiger partial charge on any atom is 0.145 e. The summed E-state index contributed by atoms with van der Waals surface area (Å²) in [5.41, 5.74) is 17.0. The number of fused-ring (bicyclic) bond motifs is 7. The molecule has 270 valence electrons. The summed E-state index contributed by atoms with van der Waals surface area (Å²) in [5, 5.41) is 4.67. The monoisotopic (exact) mass is 729 g/mol. The molecule has 1 aliphatic carbocycles. The predicted octanol–water partition coefficient (Wildman–Crippen LogP) is 15.5. The van der Waals surface area contributed by atoms with E-state index < -0.39 is 0 Å². The van der Waals surface area contributed by atoms with Crippen molar-refractivity contribution in [3.63, 3.8) is 0 Å². The number of rotatable bonds is 6. The Labute approximate surface area is 332 Å². The second kappa shape index (κ2) is 13.0. The lowest BCUT2D eigenvalue weighted by atomic mass is 9.82. The molecule has 57 heavy (non-hydrogen) atoms. The van der Waals surface area contributed by atoms with Crippen molar-refractivity contribution in [1.29, 1.82) is 0 Å². The van der Waals surface area contributed by atoms with Gasteiger partial charge in [-0.05, 0) is 80.0 Å². The normalized spacial score (nSPS) is 12.9. The van der Waals surface area contributed by atoms with Gasteiger partial charge in [0.05, 0.1) is 16.8 Å². The van der Waals surface area contributed by atoms with Crippen molar-refractivity contribution in [2.75, 3.05) is 4.90 Å². The maximum absolute atomic E-state index is 7.16. The minimum absolute atomic E-state index is 0.148. The van der Waals surface area contributed by atoms with Crippen LogP contribution in [0.2, 0.25) is 0 Å². The topological polar surface area (TPSA) is 16.4 Å². The molecule has 0 unspecified atom stereocenters. The molecular weight excluding hydrogens is 691 g/mol. The second-order valence-corrected chi connectivity index (χ2v) is 15.6. The van der Waals surface area contributed by atoms with Gasteiger partial charge in [0.2, 0.25) is 0 Å². The fourth-order valence-corrected chi connectivity index (χ4v) is 9.36. The van der Waals surface area contributed by atoms with E-state index in [1.54, 1.807) is 0 Å². The lowest BCUT2D eigenvalue weighted by Gasteiger charge is -2.30. The molecule has 0 fully saturated rings. The summed E-state index contributed by atoms with van der Waals surface area (Å²) < 4.78 is 7.16. The highest BCUT2D eigenvalue weighted by atomic mass is 16.3. The molecule has 0 bridgehead atoms. The molecule has 9 aromatic carbocycles. The number of hydrogen-bond donors (Lipinski definition) is 0. The number of furan rings is 1. The van der Waals surface area contributed by atoms with Gasteiger partial charge in [0.15, 0.2) is 0 Å². The van der Waals surface area contributed by atoms with E-state index in [0.717, 1.165) is 61.3 Å². The van der Waals surface area contributed by atoms with Crippen molar-refractivity contribution < 1.29 is 4.42 Å². The van der Waals surface area contributed by atoms with E-state index in [2.05, 4.69) is 219 Å². The van der Waals surface area contributed by atoms with Crippen LogP contribution in [0.4, 0.5) is 17.1 Å². The Morgan fingerprint density at radius 1 is 0.386 bits per heavy atom. The fourth-order valence-electron chi connectivity index (χ4n) is 9.36. The summed E-state index contributed by atoms with van der Waals surface area (Å²) in [6.07, 6.45) is 0. The molecule has 0 spiro atoms. The van der Waals surface area contributed by atoms with E-state index in [9.17, 15) is 0 Å². The Bertz CT molecular complexity index is 3130. The molecule has 1 aromatic heterocycles. The SMILES string of the molecule is CC1(C)c2ccccc2-c2c(N(c3ccc(-c4cccc5ccccc45)cc3)c3ccc(-c4ccccc4)c4oc5c(-c6ccccc6)cccc5c34)cccc21. The smallest absolute Gasteiger partial charge is 0.145 e. The van der Waals surface area contributed by atoms with Gasteiger partial charge >= 0.3 is 0 Å². The van der Waals surface area contributed by atoms with E-state index in [1.165, 1.54) is 44.2 Å². The third kappa shape index (κ3) is 5.18. The summed E-state index contributed by atoms with van der Waals surface area (Å²) in [7, 11) is 0. The third-order valence-electron chi connectivity index (χ3n) is 12.1. The molecule has 2 heteroatoms. The van der Waals surface area contributed by atoms with E-state index in [1.807, 2.05) is 0 Å². The van der Waals surface area contributed by atoms with Crippen LogP contribution in [0, 0.1) is 0 Å². The lowest BCUT2D eigenvalue weighted by Crippen LogP contribution is -2.16. The molecule has 0 radical (unpaired) electrons. The Morgan fingerprint density at radius 3 is 1.74 bits per heavy atom. The number of benzene rings is 9. The summed E-state index contributed by atoms with van der Waals surface area (Å²) in [5.74, 6) is 0. The van der Waals surface area contributed by atoms with Crippen LogP contribution in [0.1, 0.15) is 25.0 Å². The van der Waals surface area contributed by atoms with Crippen LogP contribution in [0.5, 0.6) is 0 Å². The molecule has 0 amide bonds. The first-order chi connectivity index (χ1) is 28.1. The molecule has 1 aliphatic rings. The van der Waals surface area contributed by atoms with Crippen molar-refractivity contribution in [2.45, 2.75) is 19.3 Å². The first kappa shape index (κ1) is 33.2. The Balaban J connectivity index is 1.21. The quantitative estimate of drug-likeness (QED) is 0.169. The number of para-hydroxylation sites is 1. The highest BCUT2D eigenvalue weighted by molar-refractivity contribution is 6.19. The molecule has 0 aliphatic heterocycles. The first-order valence-corrected chi connectivity index (χ1v) is 19.8. The zero-order valence-electron chi connectivity index (χ0n) is 31.9. The molecule has 2 nitrogen and oxygen atoms in total. The Morgan fingerprint density at radius 2 is 0.947 bits per heavy atom. The fraction of sp³-hybridized carbons (Fsp3) is 0.0545. The summed E-state index contributed by atoms with van der Waals surface area (Å²) in [6, 6.07) is 72.4. The number of nitrogens with zero attached hydrogens (tertiary/aromatic N) is 1. The van der Waals surface area contributed by atoms with Gasteiger partial charge in [-0.3, -0.25) is 0 Å². The highest BCUT2D eigenvalue weighted by Gasteiger charge is 2.38. The molecule has 10 aromatic rings. The molecule has 0 saturated heterocycles. The Hall–Kier alpha value is -7.16. The minimum atomic E-state index is -0.148. The maximum atomic E-state index is 7.16. The highest BCUT2D eigenvalue weighted by Crippen LogP contribution is 2.56. The van der Waals surface area contributed by atoms with Crippen LogP contribution < -0.4 is 4.90 Å². The van der Waals surface area contributed by atoms with Gasteiger partial charge in [0.25, 0.3) is 0 Å².